The lowest BCUT2D eigenvalue weighted by atomic mass is 10.0. The highest BCUT2D eigenvalue weighted by molar-refractivity contribution is 6.10. The van der Waals surface area contributed by atoms with Crippen molar-refractivity contribution in [2.45, 2.75) is 0 Å². The van der Waals surface area contributed by atoms with Gasteiger partial charge in [-0.1, -0.05) is 97.1 Å². The Kier molecular flexibility index (Phi) is 5.57. The molecule has 0 saturated heterocycles. The van der Waals surface area contributed by atoms with Crippen molar-refractivity contribution in [2.24, 2.45) is 0 Å². The molecule has 2 heterocycles. The molecule has 0 spiro atoms. The molecule has 6 aromatic carbocycles. The van der Waals surface area contributed by atoms with E-state index < -0.39 is 0 Å². The van der Waals surface area contributed by atoms with E-state index in [9.17, 15) is 4.79 Å². The highest BCUT2D eigenvalue weighted by Crippen LogP contribution is 2.35. The van der Waals surface area contributed by atoms with Crippen LogP contribution in [0, 0.1) is 0 Å². The molecule has 0 unspecified atom stereocenters. The minimum absolute atomic E-state index is 0.0852. The van der Waals surface area contributed by atoms with Crippen LogP contribution in [0.25, 0.3) is 66.6 Å². The van der Waals surface area contributed by atoms with Crippen molar-refractivity contribution in [3.63, 3.8) is 0 Å². The van der Waals surface area contributed by atoms with Crippen LogP contribution in [0.4, 0.5) is 0 Å². The van der Waals surface area contributed by atoms with Gasteiger partial charge in [0, 0.05) is 22.0 Å². The van der Waals surface area contributed by atoms with Crippen LogP contribution in [0.5, 0.6) is 0 Å². The largest absolute Gasteiger partial charge is 0.309 e. The third kappa shape index (κ3) is 3.85. The van der Waals surface area contributed by atoms with Crippen LogP contribution in [0.3, 0.4) is 0 Å². The fraction of sp³-hybridized carbons (Fsp3) is 0. The van der Waals surface area contributed by atoms with Gasteiger partial charge in [-0.05, 0) is 65.7 Å². The molecule has 0 bridgehead atoms. The number of fused-ring (bicyclic) bond motifs is 4. The third-order valence-electron chi connectivity index (χ3n) is 7.93. The van der Waals surface area contributed by atoms with Crippen LogP contribution < -0.4 is 5.56 Å². The van der Waals surface area contributed by atoms with Crippen molar-refractivity contribution in [2.75, 3.05) is 0 Å². The smallest absolute Gasteiger partial charge is 0.266 e. The lowest BCUT2D eigenvalue weighted by Crippen LogP contribution is -2.22. The second-order valence-corrected chi connectivity index (χ2v) is 10.4. The molecule has 0 atom stereocenters. The summed E-state index contributed by atoms with van der Waals surface area (Å²) >= 11 is 0. The van der Waals surface area contributed by atoms with E-state index >= 15 is 0 Å². The zero-order valence-electron chi connectivity index (χ0n) is 22.7. The van der Waals surface area contributed by atoms with Gasteiger partial charge in [-0.3, -0.25) is 9.36 Å². The van der Waals surface area contributed by atoms with E-state index in [1.807, 2.05) is 72.8 Å². The molecule has 0 N–H and O–H groups in total. The van der Waals surface area contributed by atoms with E-state index in [-0.39, 0.29) is 5.56 Å². The Balaban J connectivity index is 1.33. The van der Waals surface area contributed by atoms with Gasteiger partial charge >= 0.3 is 0 Å². The Hall–Kier alpha value is -5.74. The molecule has 0 fully saturated rings. The second-order valence-electron chi connectivity index (χ2n) is 10.4. The third-order valence-corrected chi connectivity index (χ3v) is 7.93. The average Bonchev–Trinajstić information content (AvgIpc) is 3.39. The first kappa shape index (κ1) is 24.1. The topological polar surface area (TPSA) is 39.8 Å². The number of para-hydroxylation sites is 3. The molecule has 0 aliphatic heterocycles. The van der Waals surface area contributed by atoms with E-state index in [0.717, 1.165) is 33.6 Å². The molecule has 198 valence electrons. The standard InChI is InChI=1S/C38H25N3O/c42-38-32-19-7-9-20-34(32)39-37(26-12-3-1-4-13-26)41(38)30-17-11-14-27(24-30)28-22-23-36-33(25-28)31-18-8-10-21-35(31)40(36)29-15-5-2-6-16-29/h1-25H. The van der Waals surface area contributed by atoms with Gasteiger partial charge in [0.1, 0.15) is 5.82 Å². The first-order valence-electron chi connectivity index (χ1n) is 14.0. The number of benzene rings is 6. The maximum Gasteiger partial charge on any atom is 0.266 e. The monoisotopic (exact) mass is 539 g/mol. The Morgan fingerprint density at radius 2 is 1.05 bits per heavy atom. The molecule has 4 nitrogen and oxygen atoms in total. The van der Waals surface area contributed by atoms with Crippen LogP contribution >= 0.6 is 0 Å². The Morgan fingerprint density at radius 3 is 1.88 bits per heavy atom. The molecular formula is C38H25N3O. The summed E-state index contributed by atoms with van der Waals surface area (Å²) < 4.78 is 4.05. The SMILES string of the molecule is O=c1c2ccccc2nc(-c2ccccc2)n1-c1cccc(-c2ccc3c(c2)c2ccccc2n3-c2ccccc2)c1. The van der Waals surface area contributed by atoms with E-state index in [4.69, 9.17) is 4.98 Å². The molecule has 0 saturated carbocycles. The molecule has 42 heavy (non-hydrogen) atoms. The maximum atomic E-state index is 13.9. The van der Waals surface area contributed by atoms with Crippen LogP contribution in [0.1, 0.15) is 0 Å². The van der Waals surface area contributed by atoms with Crippen molar-refractivity contribution in [3.8, 4) is 33.9 Å². The first-order chi connectivity index (χ1) is 20.8. The summed E-state index contributed by atoms with van der Waals surface area (Å²) in [6, 6.07) is 51.2. The lowest BCUT2D eigenvalue weighted by Gasteiger charge is -2.15. The fourth-order valence-corrected chi connectivity index (χ4v) is 5.99. The number of nitrogens with zero attached hydrogens (tertiary/aromatic N) is 3. The zero-order valence-corrected chi connectivity index (χ0v) is 22.7. The molecule has 2 aromatic heterocycles. The van der Waals surface area contributed by atoms with Crippen molar-refractivity contribution in [1.82, 2.24) is 14.1 Å². The van der Waals surface area contributed by atoms with Crippen molar-refractivity contribution < 1.29 is 0 Å². The van der Waals surface area contributed by atoms with Crippen molar-refractivity contribution >= 4 is 32.7 Å². The highest BCUT2D eigenvalue weighted by atomic mass is 16.1. The van der Waals surface area contributed by atoms with Gasteiger partial charge in [0.15, 0.2) is 0 Å². The summed E-state index contributed by atoms with van der Waals surface area (Å²) in [5.41, 5.74) is 7.85. The summed E-state index contributed by atoms with van der Waals surface area (Å²) in [5.74, 6) is 0.623. The summed E-state index contributed by atoms with van der Waals surface area (Å²) in [4.78, 5) is 18.9. The van der Waals surface area contributed by atoms with Gasteiger partial charge in [-0.15, -0.1) is 0 Å². The maximum absolute atomic E-state index is 13.9. The summed E-state index contributed by atoms with van der Waals surface area (Å²) in [6.07, 6.45) is 0. The van der Waals surface area contributed by atoms with Gasteiger partial charge in [0.25, 0.3) is 5.56 Å². The van der Waals surface area contributed by atoms with Gasteiger partial charge < -0.3 is 4.57 Å². The van der Waals surface area contributed by atoms with Gasteiger partial charge in [-0.25, -0.2) is 4.98 Å². The predicted octanol–water partition coefficient (Wildman–Crippen LogP) is 8.82. The zero-order chi connectivity index (χ0) is 28.0. The summed E-state index contributed by atoms with van der Waals surface area (Å²) in [5, 5.41) is 2.99. The van der Waals surface area contributed by atoms with Gasteiger partial charge in [-0.2, -0.15) is 0 Å². The minimum Gasteiger partial charge on any atom is -0.309 e. The minimum atomic E-state index is -0.0852. The lowest BCUT2D eigenvalue weighted by molar-refractivity contribution is 0.976. The van der Waals surface area contributed by atoms with E-state index in [1.54, 1.807) is 4.57 Å². The Bertz CT molecular complexity index is 2320. The number of rotatable bonds is 4. The van der Waals surface area contributed by atoms with E-state index in [0.29, 0.717) is 16.7 Å². The highest BCUT2D eigenvalue weighted by Gasteiger charge is 2.16. The number of hydrogen-bond acceptors (Lipinski definition) is 2. The molecule has 8 rings (SSSR count). The van der Waals surface area contributed by atoms with Gasteiger partial charge in [0.2, 0.25) is 0 Å². The van der Waals surface area contributed by atoms with Crippen LogP contribution in [0.15, 0.2) is 156 Å². The molecule has 0 amide bonds. The van der Waals surface area contributed by atoms with Crippen LogP contribution in [0.2, 0.25) is 0 Å². The van der Waals surface area contributed by atoms with E-state index in [1.165, 1.54) is 16.3 Å². The molecule has 8 aromatic rings. The quantitative estimate of drug-likeness (QED) is 0.224. The van der Waals surface area contributed by atoms with Gasteiger partial charge in [0.05, 0.1) is 27.6 Å². The normalized spacial score (nSPS) is 11.4. The Labute approximate surface area is 242 Å². The molecule has 0 aliphatic carbocycles. The second kappa shape index (κ2) is 9.72. The molecular weight excluding hydrogens is 514 g/mol. The van der Waals surface area contributed by atoms with E-state index in [2.05, 4.69) is 83.4 Å². The molecule has 0 radical (unpaired) electrons. The van der Waals surface area contributed by atoms with Crippen LogP contribution in [-0.4, -0.2) is 14.1 Å². The predicted molar refractivity (Wildman–Crippen MR) is 173 cm³/mol. The van der Waals surface area contributed by atoms with Crippen molar-refractivity contribution in [3.05, 3.63) is 162 Å². The summed E-state index contributed by atoms with van der Waals surface area (Å²) in [7, 11) is 0. The number of aromatic nitrogens is 3. The van der Waals surface area contributed by atoms with Crippen molar-refractivity contribution in [1.29, 1.82) is 0 Å². The molecule has 0 aliphatic rings. The number of hydrogen-bond donors (Lipinski definition) is 0. The molecule has 4 heteroatoms. The fourth-order valence-electron chi connectivity index (χ4n) is 5.99. The van der Waals surface area contributed by atoms with Crippen LogP contribution in [-0.2, 0) is 0 Å². The summed E-state index contributed by atoms with van der Waals surface area (Å²) in [6.45, 7) is 0. The Morgan fingerprint density at radius 1 is 0.429 bits per heavy atom. The average molecular weight is 540 g/mol. The first-order valence-corrected chi connectivity index (χ1v) is 14.0.